The van der Waals surface area contributed by atoms with Crippen LogP contribution in [0.2, 0.25) is 0 Å². The van der Waals surface area contributed by atoms with E-state index in [1.54, 1.807) is 6.92 Å². The largest absolute Gasteiger partial charge is 0.381 e. The Kier molecular flexibility index (Phi) is 14.8. The smallest absolute Gasteiger partial charge is 0.316 e. The fourth-order valence-corrected chi connectivity index (χ4v) is 15.2. The summed E-state index contributed by atoms with van der Waals surface area (Å²) in [5.74, 6) is 2.54. The molecule has 3 N–H and O–H groups in total. The summed E-state index contributed by atoms with van der Waals surface area (Å²) in [6.07, 6.45) is 13.6. The molecule has 67 heavy (non-hydrogen) atoms. The molecule has 0 aromatic carbocycles. The number of ketones is 1. The first-order chi connectivity index (χ1) is 30.4. The molecular formula is C54H100N9O4+. The van der Waals surface area contributed by atoms with Crippen LogP contribution in [0.4, 0.5) is 11.9 Å². The molecule has 1 aromatic heterocycles. The van der Waals surface area contributed by atoms with Crippen molar-refractivity contribution < 1.29 is 23.8 Å². The van der Waals surface area contributed by atoms with Crippen LogP contribution in [0.5, 0.6) is 0 Å². The number of Topliss-reactive ketones (excluding diaryl/α,β-unsaturated/α-hetero) is 1. The van der Waals surface area contributed by atoms with Crippen LogP contribution in [0, 0.1) is 18.3 Å². The van der Waals surface area contributed by atoms with Crippen molar-refractivity contribution in [1.82, 2.24) is 30.5 Å². The summed E-state index contributed by atoms with van der Waals surface area (Å²) in [6.45, 7) is 46.1. The number of fused-ring (bicyclic) bond motifs is 2. The van der Waals surface area contributed by atoms with Crippen molar-refractivity contribution in [2.45, 2.75) is 277 Å². The number of carbonyl (C=O) groups excluding carboxylic acids is 1. The molecule has 6 fully saturated rings. The maximum atomic E-state index is 11.9. The Morgan fingerprint density at radius 1 is 0.731 bits per heavy atom. The van der Waals surface area contributed by atoms with Crippen molar-refractivity contribution in [3.63, 3.8) is 0 Å². The molecule has 0 amide bonds. The van der Waals surface area contributed by atoms with Gasteiger partial charge in [-0.25, -0.2) is 4.89 Å². The van der Waals surface area contributed by atoms with Gasteiger partial charge in [0.15, 0.2) is 6.54 Å². The summed E-state index contributed by atoms with van der Waals surface area (Å²) in [6, 6.07) is 1.01. The van der Waals surface area contributed by atoms with Gasteiger partial charge < -0.3 is 30.5 Å². The molecule has 6 aliphatic rings. The monoisotopic (exact) mass is 939 g/mol. The van der Waals surface area contributed by atoms with Gasteiger partial charge in [0.05, 0.1) is 23.1 Å². The van der Waals surface area contributed by atoms with Gasteiger partial charge in [0, 0.05) is 72.7 Å². The summed E-state index contributed by atoms with van der Waals surface area (Å²) in [5.41, 5.74) is -0.0284. The van der Waals surface area contributed by atoms with Crippen molar-refractivity contribution in [3.05, 3.63) is 5.82 Å². The van der Waals surface area contributed by atoms with Crippen LogP contribution in [-0.4, -0.2) is 132 Å². The van der Waals surface area contributed by atoms with Crippen molar-refractivity contribution in [2.75, 3.05) is 44.0 Å². The zero-order chi connectivity index (χ0) is 50.2. The van der Waals surface area contributed by atoms with E-state index in [9.17, 15) is 4.79 Å². The number of quaternary nitrogens is 1. The highest BCUT2D eigenvalue weighted by atomic mass is 17.3. The number of hydrogen-bond donors (Lipinski definition) is 3. The Morgan fingerprint density at radius 2 is 1.24 bits per heavy atom. The first-order valence-corrected chi connectivity index (χ1v) is 26.3. The summed E-state index contributed by atoms with van der Waals surface area (Å²) >= 11 is 0. The second-order valence-corrected chi connectivity index (χ2v) is 28.3. The average molecular weight is 939 g/mol. The van der Waals surface area contributed by atoms with Crippen LogP contribution in [0.25, 0.3) is 0 Å². The first kappa shape index (κ1) is 54.3. The van der Waals surface area contributed by atoms with E-state index in [4.69, 9.17) is 29.5 Å². The fraction of sp³-hybridized carbons (Fsp3) is 0.926. The highest BCUT2D eigenvalue weighted by molar-refractivity contribution is 5.83. The lowest BCUT2D eigenvalue weighted by atomic mass is 9.76. The number of nitrogens with zero attached hydrogens (tertiary/aromatic N) is 6. The summed E-state index contributed by atoms with van der Waals surface area (Å²) in [5, 5.41) is 11.4. The molecule has 3 unspecified atom stereocenters. The van der Waals surface area contributed by atoms with Crippen LogP contribution in [0.1, 0.15) is 208 Å². The molecule has 1 aliphatic carbocycles. The second-order valence-electron chi connectivity index (χ2n) is 28.3. The number of anilines is 2. The molecule has 5 aliphatic heterocycles. The normalized spacial score (nSPS) is 30.1. The maximum Gasteiger partial charge on any atom is 0.316 e. The van der Waals surface area contributed by atoms with Gasteiger partial charge in [0.1, 0.15) is 11.6 Å². The molecule has 0 radical (unpaired) electrons. The number of rotatable bonds is 15. The minimum Gasteiger partial charge on any atom is -0.381 e. The molecule has 1 saturated carbocycles. The van der Waals surface area contributed by atoms with Crippen LogP contribution in [0.15, 0.2) is 0 Å². The van der Waals surface area contributed by atoms with Gasteiger partial charge in [-0.05, 0) is 175 Å². The average Bonchev–Trinajstić information content (AvgIpc) is 4.03. The Bertz CT molecular complexity index is 1870. The molecule has 0 bridgehead atoms. The SMILES string of the molecule is COC1CC(C)(C)[N+]2(CC23OOC32CC2C(C)=O)C(C)(C)C1.Cc1nc(NC(C)(C)CC(C)(C)C)nc(N(CCCCCCN(C)C2CC(C)(C)NC(C)(C)C2)C2CC(C)(C)NC(C)(C)C2)n1. The van der Waals surface area contributed by atoms with Crippen LogP contribution < -0.4 is 20.9 Å². The third-order valence-corrected chi connectivity index (χ3v) is 16.7. The second kappa shape index (κ2) is 18.2. The Hall–Kier alpha value is -2.00. The minimum atomic E-state index is -0.354. The predicted octanol–water partition coefficient (Wildman–Crippen LogP) is 9.91. The third kappa shape index (κ3) is 11.5. The highest BCUT2D eigenvalue weighted by Gasteiger charge is 3.01. The zero-order valence-corrected chi connectivity index (χ0v) is 46.7. The number of ether oxygens (including phenoxy) is 1. The minimum absolute atomic E-state index is 0.0190. The van der Waals surface area contributed by atoms with E-state index >= 15 is 0 Å². The quantitative estimate of drug-likeness (QED) is 0.0671. The number of aryl methyl sites for hydroxylation is 1. The van der Waals surface area contributed by atoms with E-state index < -0.39 is 0 Å². The Balaban J connectivity index is 0.000000277. The molecule has 6 heterocycles. The third-order valence-electron chi connectivity index (χ3n) is 16.7. The van der Waals surface area contributed by atoms with Crippen molar-refractivity contribution in [2.24, 2.45) is 11.3 Å². The molecular weight excluding hydrogens is 839 g/mol. The van der Waals surface area contributed by atoms with Gasteiger partial charge in [0.2, 0.25) is 17.5 Å². The van der Waals surface area contributed by atoms with Gasteiger partial charge in [-0.3, -0.25) is 9.28 Å². The highest BCUT2D eigenvalue weighted by Crippen LogP contribution is 2.77. The summed E-state index contributed by atoms with van der Waals surface area (Å²) < 4.78 is 6.59. The van der Waals surface area contributed by atoms with Gasteiger partial charge in [-0.1, -0.05) is 33.6 Å². The lowest BCUT2D eigenvalue weighted by Crippen LogP contribution is -2.73. The molecule has 384 valence electrons. The van der Waals surface area contributed by atoms with Gasteiger partial charge in [-0.2, -0.15) is 19.8 Å². The van der Waals surface area contributed by atoms with Crippen molar-refractivity contribution in [1.29, 1.82) is 0 Å². The van der Waals surface area contributed by atoms with Gasteiger partial charge in [-0.15, -0.1) is 0 Å². The number of unbranched alkanes of at least 4 members (excludes halogenated alkanes) is 3. The lowest BCUT2D eigenvalue weighted by molar-refractivity contribution is -0.975. The Labute approximate surface area is 408 Å². The zero-order valence-electron chi connectivity index (χ0n) is 46.7. The Morgan fingerprint density at radius 3 is 1.69 bits per heavy atom. The number of carbonyl (C=O) groups is 1. The number of piperidine rings is 3. The number of hydrogen-bond acceptors (Lipinski definition) is 12. The molecule has 13 nitrogen and oxygen atoms in total. The maximum absolute atomic E-state index is 11.9. The van der Waals surface area contributed by atoms with E-state index in [1.807, 2.05) is 14.0 Å². The van der Waals surface area contributed by atoms with E-state index in [-0.39, 0.29) is 73.3 Å². The number of methoxy groups -OCH3 is 1. The molecule has 7 rings (SSSR count). The summed E-state index contributed by atoms with van der Waals surface area (Å²) in [7, 11) is 4.14. The van der Waals surface area contributed by atoms with Crippen LogP contribution in [0.3, 0.4) is 0 Å². The molecule has 13 heteroatoms. The van der Waals surface area contributed by atoms with Crippen LogP contribution in [-0.2, 0) is 19.3 Å². The topological polar surface area (TPSA) is 126 Å². The van der Waals surface area contributed by atoms with Crippen molar-refractivity contribution in [3.8, 4) is 0 Å². The fourth-order valence-electron chi connectivity index (χ4n) is 15.2. The molecule has 1 aromatic rings. The molecule has 3 atom stereocenters. The predicted molar refractivity (Wildman–Crippen MR) is 273 cm³/mol. The molecule has 5 saturated heterocycles. The van der Waals surface area contributed by atoms with E-state index in [2.05, 4.69) is 151 Å². The van der Waals surface area contributed by atoms with Gasteiger partial charge in [0.25, 0.3) is 0 Å². The first-order valence-electron chi connectivity index (χ1n) is 26.3. The standard InChI is InChI=1S/C37H72N8.C17H28NO4/c1-27-38-30(41-37(13,14)26-32(2,3)4)40-31(39-27)45(29-24-35(9,10)43-36(11,12)25-29)21-19-17-16-18-20-44(15)28-22-33(5,6)42-34(7,8)23-28;1-11(19)13-9-16(13)17(22-21-16)10-18(17)14(2,3)7-12(20-6)8-15(18,4)5/h28-29,42-43H,16-26H2,1-15H3,(H,38,39,40,41);12-13H,7-10H2,1-6H3/q;+1. The van der Waals surface area contributed by atoms with Gasteiger partial charge >= 0.3 is 5.72 Å². The van der Waals surface area contributed by atoms with E-state index in [1.165, 1.54) is 38.6 Å². The number of nitrogens with one attached hydrogen (secondary N) is 3. The van der Waals surface area contributed by atoms with Crippen LogP contribution >= 0.6 is 0 Å². The van der Waals surface area contributed by atoms with Crippen molar-refractivity contribution >= 4 is 17.7 Å². The molecule has 3 spiro atoms. The van der Waals surface area contributed by atoms with E-state index in [0.717, 1.165) is 74.3 Å². The summed E-state index contributed by atoms with van der Waals surface area (Å²) in [4.78, 5) is 43.2. The van der Waals surface area contributed by atoms with E-state index in [0.29, 0.717) is 18.0 Å². The number of aromatic nitrogens is 3. The lowest BCUT2D eigenvalue weighted by Gasteiger charge is -2.57.